The van der Waals surface area contributed by atoms with Crippen LogP contribution in [0, 0.1) is 12.8 Å². The zero-order valence-corrected chi connectivity index (χ0v) is 18.4. The van der Waals surface area contributed by atoms with Crippen LogP contribution in [0.3, 0.4) is 0 Å². The highest BCUT2D eigenvalue weighted by Gasteiger charge is 2.65. The number of phosphoric acid groups is 1. The third kappa shape index (κ3) is 5.20. The predicted octanol–water partition coefficient (Wildman–Crippen LogP) is 2.60. The van der Waals surface area contributed by atoms with E-state index in [1.807, 2.05) is 0 Å². The van der Waals surface area contributed by atoms with Gasteiger partial charge in [-0.3, -0.25) is 22.9 Å². The third-order valence-electron chi connectivity index (χ3n) is 4.77. The molecule has 0 amide bonds. The van der Waals surface area contributed by atoms with Gasteiger partial charge in [-0.1, -0.05) is 6.92 Å². The largest absolute Gasteiger partial charge is 0.475 e. The van der Waals surface area contributed by atoms with Crippen molar-refractivity contribution in [3.05, 3.63) is 28.4 Å². The van der Waals surface area contributed by atoms with Gasteiger partial charge in [-0.15, -0.1) is 0 Å². The number of nitrogens with zero attached hydrogens (tertiary/aromatic N) is 2. The second-order valence-electron chi connectivity index (χ2n) is 7.74. The zero-order chi connectivity index (χ0) is 23.0. The standard InChI is InChI=1S/C18H25F2N2O8P/c1-10(2)28-15(23)11(3)6-8-26-31(25)27-9-13-14(30-31)18(19,20)16(29-13)22-7-5-12(4)21-17(22)24/h5,7,10-11,13-14,16H,6,8-9H2,1-4H3/t11-,13+,14+,16+,31?/m0/s1. The fraction of sp³-hybridized carbons (Fsp3) is 0.722. The Bertz CT molecular complexity index is 924. The minimum atomic E-state index is -4.33. The van der Waals surface area contributed by atoms with Crippen molar-refractivity contribution in [2.45, 2.75) is 64.6 Å². The number of hydrogen-bond donors (Lipinski definition) is 0. The van der Waals surface area contributed by atoms with Crippen molar-refractivity contribution < 1.29 is 41.2 Å². The third-order valence-corrected chi connectivity index (χ3v) is 6.22. The van der Waals surface area contributed by atoms with Crippen LogP contribution in [0.2, 0.25) is 0 Å². The molecule has 0 aliphatic carbocycles. The van der Waals surface area contributed by atoms with E-state index in [4.69, 9.17) is 23.0 Å². The molecule has 13 heteroatoms. The first kappa shape index (κ1) is 23.9. The number of carbonyl (C=O) groups is 1. The quantitative estimate of drug-likeness (QED) is 0.442. The van der Waals surface area contributed by atoms with E-state index < -0.39 is 56.4 Å². The van der Waals surface area contributed by atoms with Crippen molar-refractivity contribution in [2.24, 2.45) is 5.92 Å². The number of phosphoric ester groups is 1. The maximum absolute atomic E-state index is 15.0. The Balaban J connectivity index is 1.64. The molecule has 0 aromatic carbocycles. The lowest BCUT2D eigenvalue weighted by Crippen LogP contribution is -2.45. The second kappa shape index (κ2) is 9.03. The van der Waals surface area contributed by atoms with Gasteiger partial charge in [-0.25, -0.2) is 9.36 Å². The van der Waals surface area contributed by atoms with E-state index in [2.05, 4.69) is 4.98 Å². The molecule has 0 radical (unpaired) electrons. The lowest BCUT2D eigenvalue weighted by Gasteiger charge is -2.31. The van der Waals surface area contributed by atoms with Gasteiger partial charge in [0.1, 0.15) is 6.10 Å². The maximum Gasteiger partial charge on any atom is 0.475 e. The molecule has 3 rings (SSSR count). The van der Waals surface area contributed by atoms with Crippen LogP contribution in [0.5, 0.6) is 0 Å². The number of aromatic nitrogens is 2. The molecule has 0 bridgehead atoms. The van der Waals surface area contributed by atoms with Gasteiger partial charge >= 0.3 is 25.4 Å². The summed E-state index contributed by atoms with van der Waals surface area (Å²) in [6.07, 6.45) is -4.23. The van der Waals surface area contributed by atoms with E-state index in [0.717, 1.165) is 6.20 Å². The Morgan fingerprint density at radius 3 is 2.77 bits per heavy atom. The smallest absolute Gasteiger partial charge is 0.463 e. The Morgan fingerprint density at radius 1 is 1.42 bits per heavy atom. The summed E-state index contributed by atoms with van der Waals surface area (Å²) in [4.78, 5) is 27.5. The van der Waals surface area contributed by atoms with Crippen LogP contribution in [0.1, 0.15) is 39.1 Å². The van der Waals surface area contributed by atoms with Gasteiger partial charge in [0.15, 0.2) is 6.10 Å². The van der Waals surface area contributed by atoms with Crippen LogP contribution in [0.4, 0.5) is 8.78 Å². The number of carbonyl (C=O) groups excluding carboxylic acids is 1. The van der Waals surface area contributed by atoms with Gasteiger partial charge in [0.25, 0.3) is 0 Å². The molecule has 2 fully saturated rings. The maximum atomic E-state index is 15.0. The molecule has 174 valence electrons. The van der Waals surface area contributed by atoms with E-state index >= 15 is 8.78 Å². The number of fused-ring (bicyclic) bond motifs is 1. The van der Waals surface area contributed by atoms with Crippen molar-refractivity contribution in [1.82, 2.24) is 9.55 Å². The number of halogens is 2. The highest BCUT2D eigenvalue weighted by Crippen LogP contribution is 2.59. The minimum absolute atomic E-state index is 0.121. The number of esters is 1. The molecule has 0 saturated carbocycles. The van der Waals surface area contributed by atoms with Gasteiger partial charge in [0.05, 0.1) is 25.2 Å². The molecular formula is C18H25F2N2O8P. The molecule has 10 nitrogen and oxygen atoms in total. The van der Waals surface area contributed by atoms with Gasteiger partial charge < -0.3 is 9.47 Å². The Kier molecular flexibility index (Phi) is 6.97. The van der Waals surface area contributed by atoms with Gasteiger partial charge in [0, 0.05) is 11.9 Å². The number of aryl methyl sites for hydroxylation is 1. The summed E-state index contributed by atoms with van der Waals surface area (Å²) >= 11 is 0. The molecule has 31 heavy (non-hydrogen) atoms. The summed E-state index contributed by atoms with van der Waals surface area (Å²) in [5.74, 6) is -4.73. The lowest BCUT2D eigenvalue weighted by atomic mass is 10.1. The summed E-state index contributed by atoms with van der Waals surface area (Å²) in [5.41, 5.74) is -0.546. The summed E-state index contributed by atoms with van der Waals surface area (Å²) in [6, 6.07) is 1.39. The Hall–Kier alpha value is -1.72. The van der Waals surface area contributed by atoms with Crippen LogP contribution in [0.25, 0.3) is 0 Å². The molecule has 5 atom stereocenters. The van der Waals surface area contributed by atoms with Gasteiger partial charge in [-0.2, -0.15) is 13.8 Å². The molecule has 0 spiro atoms. The molecule has 2 aliphatic heterocycles. The van der Waals surface area contributed by atoms with Gasteiger partial charge in [0.2, 0.25) is 6.23 Å². The topological polar surface area (TPSA) is 115 Å². The second-order valence-corrected chi connectivity index (χ2v) is 9.36. The monoisotopic (exact) mass is 466 g/mol. The molecule has 1 unspecified atom stereocenters. The van der Waals surface area contributed by atoms with Crippen LogP contribution in [-0.4, -0.2) is 53.0 Å². The van der Waals surface area contributed by atoms with Crippen LogP contribution in [0.15, 0.2) is 17.1 Å². The van der Waals surface area contributed by atoms with E-state index in [-0.39, 0.29) is 19.1 Å². The number of hydrogen-bond acceptors (Lipinski definition) is 9. The molecule has 1 aromatic heterocycles. The van der Waals surface area contributed by atoms with Crippen LogP contribution >= 0.6 is 7.82 Å². The molecule has 3 heterocycles. The van der Waals surface area contributed by atoms with E-state index in [0.29, 0.717) is 10.3 Å². The van der Waals surface area contributed by atoms with Crippen molar-refractivity contribution in [3.8, 4) is 0 Å². The van der Waals surface area contributed by atoms with E-state index in [1.165, 1.54) is 6.07 Å². The lowest BCUT2D eigenvalue weighted by molar-refractivity contribution is -0.152. The fourth-order valence-corrected chi connectivity index (χ4v) is 4.53. The highest BCUT2D eigenvalue weighted by atomic mass is 31.2. The average molecular weight is 466 g/mol. The van der Waals surface area contributed by atoms with E-state index in [1.54, 1.807) is 27.7 Å². The van der Waals surface area contributed by atoms with Crippen molar-refractivity contribution in [1.29, 1.82) is 0 Å². The van der Waals surface area contributed by atoms with Gasteiger partial charge in [-0.05, 0) is 33.3 Å². The van der Waals surface area contributed by atoms with Crippen molar-refractivity contribution >= 4 is 13.8 Å². The summed E-state index contributed by atoms with van der Waals surface area (Å²) in [7, 11) is -4.33. The molecule has 2 aliphatic rings. The van der Waals surface area contributed by atoms with Crippen molar-refractivity contribution in [3.63, 3.8) is 0 Å². The summed E-state index contributed by atoms with van der Waals surface area (Å²) in [6.45, 7) is 5.84. The summed E-state index contributed by atoms with van der Waals surface area (Å²) in [5, 5.41) is 0. The molecule has 0 N–H and O–H groups in total. The van der Waals surface area contributed by atoms with Crippen LogP contribution < -0.4 is 5.69 Å². The molecule has 2 saturated heterocycles. The Labute approximate surface area is 177 Å². The Morgan fingerprint density at radius 2 is 2.13 bits per heavy atom. The van der Waals surface area contributed by atoms with E-state index in [9.17, 15) is 14.2 Å². The predicted molar refractivity (Wildman–Crippen MR) is 101 cm³/mol. The first-order valence-corrected chi connectivity index (χ1v) is 11.3. The number of ether oxygens (including phenoxy) is 2. The highest BCUT2D eigenvalue weighted by molar-refractivity contribution is 7.48. The fourth-order valence-electron chi connectivity index (χ4n) is 3.12. The first-order valence-electron chi connectivity index (χ1n) is 9.80. The molecule has 1 aromatic rings. The average Bonchev–Trinajstić information content (AvgIpc) is 2.91. The van der Waals surface area contributed by atoms with Crippen molar-refractivity contribution in [2.75, 3.05) is 13.2 Å². The SMILES string of the molecule is Cc1ccn([C@@H]2O[C@@H]3COP(=O)(OCC[C@H](C)C(=O)OC(C)C)O[C@H]3C2(F)F)c(=O)n1. The molecular weight excluding hydrogens is 441 g/mol. The summed E-state index contributed by atoms with van der Waals surface area (Å²) < 4.78 is 68.9. The minimum Gasteiger partial charge on any atom is -0.463 e. The first-order chi connectivity index (χ1) is 14.4. The number of alkyl halides is 2. The van der Waals surface area contributed by atoms with Crippen LogP contribution in [-0.2, 0) is 32.4 Å². The zero-order valence-electron chi connectivity index (χ0n) is 17.5. The number of rotatable bonds is 7. The normalized spacial score (nSPS) is 30.7.